The van der Waals surface area contributed by atoms with Gasteiger partial charge in [-0.05, 0) is 37.6 Å². The molecule has 1 saturated heterocycles. The lowest BCUT2D eigenvalue weighted by Gasteiger charge is -2.33. The second-order valence-corrected chi connectivity index (χ2v) is 9.26. The van der Waals surface area contributed by atoms with Crippen LogP contribution in [0.4, 0.5) is 16.6 Å². The van der Waals surface area contributed by atoms with Crippen LogP contribution < -0.4 is 10.6 Å². The zero-order valence-electron chi connectivity index (χ0n) is 20.1. The molecule has 34 heavy (non-hydrogen) atoms. The molecule has 0 radical (unpaired) electrons. The van der Waals surface area contributed by atoms with E-state index in [-0.39, 0.29) is 24.3 Å². The molecule has 2 aliphatic heterocycles. The molecule has 10 nitrogen and oxygen atoms in total. The fourth-order valence-electron chi connectivity index (χ4n) is 4.43. The van der Waals surface area contributed by atoms with Gasteiger partial charge in [0, 0.05) is 70.4 Å². The SMILES string of the molecule is CC(CC(=O)N1CCc2ccc(-c3cc(N4CCN(C)CC4)nc(N)n3)cc2C1)N(C)C(=O)O. The summed E-state index contributed by atoms with van der Waals surface area (Å²) in [6.45, 7) is 6.61. The average Bonchev–Trinajstić information content (AvgIpc) is 2.82. The Morgan fingerprint density at radius 2 is 1.85 bits per heavy atom. The van der Waals surface area contributed by atoms with Crippen LogP contribution in [0.25, 0.3) is 11.3 Å². The summed E-state index contributed by atoms with van der Waals surface area (Å²) in [5, 5.41) is 9.16. The molecule has 1 fully saturated rings. The van der Waals surface area contributed by atoms with Crippen molar-refractivity contribution in [3.63, 3.8) is 0 Å². The largest absolute Gasteiger partial charge is 0.465 e. The number of aromatic nitrogens is 2. The van der Waals surface area contributed by atoms with Crippen LogP contribution in [0.3, 0.4) is 0 Å². The van der Waals surface area contributed by atoms with Gasteiger partial charge in [-0.25, -0.2) is 9.78 Å². The van der Waals surface area contributed by atoms with Crippen LogP contribution in [0.1, 0.15) is 24.5 Å². The third-order valence-corrected chi connectivity index (χ3v) is 6.86. The van der Waals surface area contributed by atoms with E-state index in [2.05, 4.69) is 45.0 Å². The van der Waals surface area contributed by atoms with Crippen LogP contribution in [0.15, 0.2) is 24.3 Å². The van der Waals surface area contributed by atoms with Crippen LogP contribution in [0, 0.1) is 0 Å². The van der Waals surface area contributed by atoms with Gasteiger partial charge in [-0.1, -0.05) is 12.1 Å². The average molecular weight is 468 g/mol. The first-order valence-electron chi connectivity index (χ1n) is 11.6. The summed E-state index contributed by atoms with van der Waals surface area (Å²) in [6, 6.07) is 7.83. The Morgan fingerprint density at radius 3 is 2.56 bits per heavy atom. The van der Waals surface area contributed by atoms with Crippen LogP contribution >= 0.6 is 0 Å². The summed E-state index contributed by atoms with van der Waals surface area (Å²) in [4.78, 5) is 40.5. The Labute approximate surface area is 200 Å². The van der Waals surface area contributed by atoms with Crippen molar-refractivity contribution in [2.24, 2.45) is 0 Å². The maximum Gasteiger partial charge on any atom is 0.407 e. The molecule has 1 unspecified atom stereocenters. The van der Waals surface area contributed by atoms with Crippen molar-refractivity contribution in [2.45, 2.75) is 32.4 Å². The lowest BCUT2D eigenvalue weighted by atomic mass is 9.96. The molecule has 4 rings (SSSR count). The van der Waals surface area contributed by atoms with Crippen molar-refractivity contribution >= 4 is 23.8 Å². The highest BCUT2D eigenvalue weighted by Gasteiger charge is 2.25. The maximum atomic E-state index is 12.8. The molecular formula is C24H33N7O3. The number of nitrogens with zero attached hydrogens (tertiary/aromatic N) is 6. The Balaban J connectivity index is 1.51. The fraction of sp³-hybridized carbons (Fsp3) is 0.500. The quantitative estimate of drug-likeness (QED) is 0.683. The monoisotopic (exact) mass is 467 g/mol. The number of anilines is 2. The second kappa shape index (κ2) is 9.84. The molecule has 3 heterocycles. The number of rotatable bonds is 5. The number of fused-ring (bicyclic) bond motifs is 1. The summed E-state index contributed by atoms with van der Waals surface area (Å²) >= 11 is 0. The molecule has 2 aliphatic rings. The number of carbonyl (C=O) groups is 2. The van der Waals surface area contributed by atoms with Crippen molar-refractivity contribution in [3.05, 3.63) is 35.4 Å². The molecule has 10 heteroatoms. The topological polar surface area (TPSA) is 119 Å². The summed E-state index contributed by atoms with van der Waals surface area (Å²) in [5.74, 6) is 1.04. The van der Waals surface area contributed by atoms with E-state index in [0.29, 0.717) is 13.1 Å². The smallest absolute Gasteiger partial charge is 0.407 e. The molecule has 1 aromatic heterocycles. The number of piperazine rings is 1. The van der Waals surface area contributed by atoms with E-state index in [1.165, 1.54) is 17.5 Å². The molecule has 2 aromatic rings. The van der Waals surface area contributed by atoms with Gasteiger partial charge in [0.15, 0.2) is 0 Å². The second-order valence-electron chi connectivity index (χ2n) is 9.26. The van der Waals surface area contributed by atoms with Crippen molar-refractivity contribution in [1.29, 1.82) is 0 Å². The van der Waals surface area contributed by atoms with Crippen molar-refractivity contribution < 1.29 is 14.7 Å². The van der Waals surface area contributed by atoms with Gasteiger partial charge in [0.2, 0.25) is 11.9 Å². The van der Waals surface area contributed by atoms with E-state index in [4.69, 9.17) is 10.8 Å². The zero-order valence-corrected chi connectivity index (χ0v) is 20.1. The summed E-state index contributed by atoms with van der Waals surface area (Å²) < 4.78 is 0. The Morgan fingerprint density at radius 1 is 1.12 bits per heavy atom. The Hall–Kier alpha value is -3.40. The van der Waals surface area contributed by atoms with Gasteiger partial charge in [-0.3, -0.25) is 4.79 Å². The molecule has 0 bridgehead atoms. The summed E-state index contributed by atoms with van der Waals surface area (Å²) in [6.07, 6.45) is -0.105. The Bertz CT molecular complexity index is 1070. The number of hydrogen-bond acceptors (Lipinski definition) is 7. The van der Waals surface area contributed by atoms with Gasteiger partial charge in [-0.15, -0.1) is 0 Å². The molecule has 2 amide bonds. The first kappa shape index (κ1) is 23.7. The molecular weight excluding hydrogens is 434 g/mol. The molecule has 0 spiro atoms. The van der Waals surface area contributed by atoms with Crippen LogP contribution in [0.5, 0.6) is 0 Å². The summed E-state index contributed by atoms with van der Waals surface area (Å²) in [7, 11) is 3.60. The molecule has 3 N–H and O–H groups in total. The highest BCUT2D eigenvalue weighted by atomic mass is 16.4. The fourth-order valence-corrected chi connectivity index (χ4v) is 4.43. The first-order chi connectivity index (χ1) is 16.2. The minimum Gasteiger partial charge on any atom is -0.465 e. The third kappa shape index (κ3) is 5.22. The molecule has 0 aliphatic carbocycles. The predicted octanol–water partition coefficient (Wildman–Crippen LogP) is 1.75. The number of benzene rings is 1. The van der Waals surface area contributed by atoms with E-state index in [1.54, 1.807) is 6.92 Å². The standard InChI is InChI=1S/C24H33N7O3/c1-16(29(3)24(33)34)12-22(32)31-7-6-17-4-5-18(13-19(17)15-31)20-14-21(27-23(25)26-20)30-10-8-28(2)9-11-30/h4-5,13-14,16H,6-12,15H2,1-3H3,(H,33,34)(H2,25,26,27). The minimum atomic E-state index is -1.03. The van der Waals surface area contributed by atoms with Crippen LogP contribution in [-0.2, 0) is 17.8 Å². The normalized spacial score (nSPS) is 17.3. The van der Waals surface area contributed by atoms with E-state index in [1.807, 2.05) is 11.0 Å². The summed E-state index contributed by atoms with van der Waals surface area (Å²) in [5.41, 5.74) is 10.1. The third-order valence-electron chi connectivity index (χ3n) is 6.86. The van der Waals surface area contributed by atoms with E-state index >= 15 is 0 Å². The van der Waals surface area contributed by atoms with E-state index in [0.717, 1.165) is 55.2 Å². The van der Waals surface area contributed by atoms with Crippen molar-refractivity contribution in [3.8, 4) is 11.3 Å². The molecule has 0 saturated carbocycles. The maximum absolute atomic E-state index is 12.8. The molecule has 1 atom stereocenters. The lowest BCUT2D eigenvalue weighted by molar-refractivity contribution is -0.133. The van der Waals surface area contributed by atoms with Crippen molar-refractivity contribution in [2.75, 3.05) is 57.5 Å². The van der Waals surface area contributed by atoms with Gasteiger partial charge < -0.3 is 30.4 Å². The minimum absolute atomic E-state index is 0.0414. The number of nitrogen functional groups attached to an aromatic ring is 1. The first-order valence-corrected chi connectivity index (χ1v) is 11.6. The van der Waals surface area contributed by atoms with Gasteiger partial charge in [-0.2, -0.15) is 4.98 Å². The lowest BCUT2D eigenvalue weighted by Crippen LogP contribution is -2.44. The highest BCUT2D eigenvalue weighted by Crippen LogP contribution is 2.28. The van der Waals surface area contributed by atoms with Gasteiger partial charge in [0.1, 0.15) is 5.82 Å². The predicted molar refractivity (Wildman–Crippen MR) is 131 cm³/mol. The van der Waals surface area contributed by atoms with Gasteiger partial charge >= 0.3 is 6.09 Å². The number of hydrogen-bond donors (Lipinski definition) is 2. The van der Waals surface area contributed by atoms with Crippen LogP contribution in [-0.4, -0.2) is 94.6 Å². The number of nitrogens with two attached hydrogens (primary N) is 1. The van der Waals surface area contributed by atoms with Crippen molar-refractivity contribution in [1.82, 2.24) is 24.7 Å². The number of carbonyl (C=O) groups excluding carboxylic acids is 1. The van der Waals surface area contributed by atoms with Gasteiger partial charge in [0.05, 0.1) is 5.69 Å². The van der Waals surface area contributed by atoms with E-state index < -0.39 is 6.09 Å². The molecule has 1 aromatic carbocycles. The van der Waals surface area contributed by atoms with E-state index in [9.17, 15) is 9.59 Å². The molecule has 182 valence electrons. The zero-order chi connectivity index (χ0) is 24.4. The Kier molecular flexibility index (Phi) is 6.87. The number of likely N-dealkylation sites (N-methyl/N-ethyl adjacent to an activating group) is 1. The number of amides is 2. The van der Waals surface area contributed by atoms with Crippen LogP contribution in [0.2, 0.25) is 0 Å². The van der Waals surface area contributed by atoms with Gasteiger partial charge in [0.25, 0.3) is 0 Å². The number of carboxylic acid groups (broad SMARTS) is 1. The highest BCUT2D eigenvalue weighted by molar-refractivity contribution is 5.78.